The molecule has 150 valence electrons. The largest absolute Gasteiger partial charge is 0.496 e. The first-order chi connectivity index (χ1) is 13.4. The summed E-state index contributed by atoms with van der Waals surface area (Å²) in [6.07, 6.45) is 4.25. The number of aryl methyl sites for hydroxylation is 1. The summed E-state index contributed by atoms with van der Waals surface area (Å²) < 4.78 is 33.0. The van der Waals surface area contributed by atoms with E-state index >= 15 is 0 Å². The van der Waals surface area contributed by atoms with Crippen LogP contribution in [0.2, 0.25) is 0 Å². The van der Waals surface area contributed by atoms with Crippen LogP contribution in [0.25, 0.3) is 11.1 Å². The first kappa shape index (κ1) is 20.6. The highest BCUT2D eigenvalue weighted by molar-refractivity contribution is 7.90. The number of methoxy groups -OCH3 is 1. The maximum absolute atomic E-state index is 12.9. The van der Waals surface area contributed by atoms with Crippen molar-refractivity contribution < 1.29 is 17.9 Å². The van der Waals surface area contributed by atoms with Gasteiger partial charge in [0.05, 0.1) is 24.5 Å². The molecule has 0 aliphatic heterocycles. The molecule has 0 atom stereocenters. The Morgan fingerprint density at radius 1 is 1.07 bits per heavy atom. The predicted molar refractivity (Wildman–Crippen MR) is 111 cm³/mol. The van der Waals surface area contributed by atoms with Gasteiger partial charge in [0.2, 0.25) is 10.0 Å². The number of ketones is 1. The molecule has 28 heavy (non-hydrogen) atoms. The lowest BCUT2D eigenvalue weighted by Crippen LogP contribution is -2.38. The predicted octanol–water partition coefficient (Wildman–Crippen LogP) is 4.11. The van der Waals surface area contributed by atoms with E-state index in [0.29, 0.717) is 24.2 Å². The van der Waals surface area contributed by atoms with Crippen LogP contribution in [0, 0.1) is 6.92 Å². The SMILES string of the molecule is COc1c(C)cc(-c2ccccc2)cc1C(=O)CNS(=O)(=O)C1CCCCC1. The Bertz CT molecular complexity index is 933. The van der Waals surface area contributed by atoms with Crippen molar-refractivity contribution in [1.82, 2.24) is 4.72 Å². The zero-order valence-electron chi connectivity index (χ0n) is 16.4. The maximum Gasteiger partial charge on any atom is 0.214 e. The van der Waals surface area contributed by atoms with Gasteiger partial charge < -0.3 is 4.74 Å². The number of benzene rings is 2. The maximum atomic E-state index is 12.9. The number of hydrogen-bond donors (Lipinski definition) is 1. The summed E-state index contributed by atoms with van der Waals surface area (Å²) in [7, 11) is -1.97. The van der Waals surface area contributed by atoms with Crippen LogP contribution in [0.3, 0.4) is 0 Å². The third-order valence-corrected chi connectivity index (χ3v) is 7.21. The summed E-state index contributed by atoms with van der Waals surface area (Å²) in [4.78, 5) is 12.9. The smallest absolute Gasteiger partial charge is 0.214 e. The van der Waals surface area contributed by atoms with Crippen LogP contribution in [0.15, 0.2) is 42.5 Å². The minimum absolute atomic E-state index is 0.257. The number of nitrogens with one attached hydrogen (secondary N) is 1. The van der Waals surface area contributed by atoms with Gasteiger partial charge in [0.25, 0.3) is 0 Å². The van der Waals surface area contributed by atoms with Gasteiger partial charge in [-0.3, -0.25) is 4.79 Å². The molecule has 0 aromatic heterocycles. The van der Waals surface area contributed by atoms with Gasteiger partial charge in [0.1, 0.15) is 5.75 Å². The average Bonchev–Trinajstić information content (AvgIpc) is 2.72. The molecule has 1 fully saturated rings. The van der Waals surface area contributed by atoms with Crippen LogP contribution >= 0.6 is 0 Å². The Balaban J connectivity index is 1.83. The highest BCUT2D eigenvalue weighted by Gasteiger charge is 2.28. The van der Waals surface area contributed by atoms with Gasteiger partial charge in [0, 0.05) is 0 Å². The Hall–Kier alpha value is -2.18. The summed E-state index contributed by atoms with van der Waals surface area (Å²) >= 11 is 0. The van der Waals surface area contributed by atoms with Gasteiger partial charge in [-0.15, -0.1) is 0 Å². The van der Waals surface area contributed by atoms with Crippen LogP contribution in [0.1, 0.15) is 48.0 Å². The van der Waals surface area contributed by atoms with Crippen molar-refractivity contribution in [2.75, 3.05) is 13.7 Å². The van der Waals surface area contributed by atoms with Crippen LogP contribution in [0.4, 0.5) is 0 Å². The molecule has 6 heteroatoms. The quantitative estimate of drug-likeness (QED) is 0.709. The number of carbonyl (C=O) groups excluding carboxylic acids is 1. The van der Waals surface area contributed by atoms with Crippen molar-refractivity contribution >= 4 is 15.8 Å². The Labute approximate surface area is 167 Å². The molecule has 0 heterocycles. The standard InChI is InChI=1S/C22H27NO4S/c1-16-13-18(17-9-5-3-6-10-17)14-20(22(16)27-2)21(24)15-23-28(25,26)19-11-7-4-8-12-19/h3,5-6,9-10,13-14,19,23H,4,7-8,11-12,15H2,1-2H3. The molecular weight excluding hydrogens is 374 g/mol. The minimum atomic E-state index is -3.49. The van der Waals surface area contributed by atoms with Crippen molar-refractivity contribution in [2.24, 2.45) is 0 Å². The molecule has 0 saturated heterocycles. The van der Waals surface area contributed by atoms with E-state index in [-0.39, 0.29) is 12.3 Å². The minimum Gasteiger partial charge on any atom is -0.496 e. The number of ether oxygens (including phenoxy) is 1. The van der Waals surface area contributed by atoms with E-state index in [1.165, 1.54) is 7.11 Å². The molecule has 0 unspecified atom stereocenters. The number of sulfonamides is 1. The van der Waals surface area contributed by atoms with E-state index in [9.17, 15) is 13.2 Å². The normalized spacial score (nSPS) is 15.4. The van der Waals surface area contributed by atoms with Gasteiger partial charge in [-0.1, -0.05) is 49.6 Å². The second kappa shape index (κ2) is 8.88. The Morgan fingerprint density at radius 3 is 2.39 bits per heavy atom. The second-order valence-corrected chi connectivity index (χ2v) is 9.33. The molecule has 5 nitrogen and oxygen atoms in total. The number of carbonyl (C=O) groups is 1. The first-order valence-corrected chi connectivity index (χ1v) is 11.2. The van der Waals surface area contributed by atoms with E-state index in [0.717, 1.165) is 36.0 Å². The lowest BCUT2D eigenvalue weighted by atomic mass is 9.97. The van der Waals surface area contributed by atoms with Crippen molar-refractivity contribution in [3.05, 3.63) is 53.6 Å². The molecule has 1 aliphatic rings. The summed E-state index contributed by atoms with van der Waals surface area (Å²) in [5.41, 5.74) is 3.12. The first-order valence-electron chi connectivity index (χ1n) is 9.68. The third kappa shape index (κ3) is 4.62. The fraction of sp³-hybridized carbons (Fsp3) is 0.409. The monoisotopic (exact) mass is 401 g/mol. The highest BCUT2D eigenvalue weighted by Crippen LogP contribution is 2.31. The van der Waals surface area contributed by atoms with Gasteiger partial charge in [-0.25, -0.2) is 13.1 Å². The van der Waals surface area contributed by atoms with Crippen molar-refractivity contribution in [1.29, 1.82) is 0 Å². The van der Waals surface area contributed by atoms with Crippen molar-refractivity contribution in [3.63, 3.8) is 0 Å². The zero-order valence-corrected chi connectivity index (χ0v) is 17.2. The molecule has 1 N–H and O–H groups in total. The lowest BCUT2D eigenvalue weighted by molar-refractivity contribution is 0.0994. The molecule has 3 rings (SSSR count). The van der Waals surface area contributed by atoms with Crippen LogP contribution < -0.4 is 9.46 Å². The summed E-state index contributed by atoms with van der Waals surface area (Å²) in [5.74, 6) is 0.193. The van der Waals surface area contributed by atoms with E-state index in [1.807, 2.05) is 43.3 Å². The molecule has 0 amide bonds. The molecule has 0 spiro atoms. The fourth-order valence-corrected chi connectivity index (χ4v) is 5.33. The highest BCUT2D eigenvalue weighted by atomic mass is 32.2. The van der Waals surface area contributed by atoms with Crippen molar-refractivity contribution in [3.8, 4) is 16.9 Å². The molecule has 0 bridgehead atoms. The Kier molecular flexibility index (Phi) is 6.52. The van der Waals surface area contributed by atoms with E-state index in [1.54, 1.807) is 6.07 Å². The zero-order chi connectivity index (χ0) is 20.1. The van der Waals surface area contributed by atoms with Crippen LogP contribution in [0.5, 0.6) is 5.75 Å². The summed E-state index contributed by atoms with van der Waals surface area (Å²) in [6.45, 7) is 1.63. The van der Waals surface area contributed by atoms with E-state index in [2.05, 4.69) is 4.72 Å². The summed E-state index contributed by atoms with van der Waals surface area (Å²) in [6, 6.07) is 13.5. The fourth-order valence-electron chi connectivity index (χ4n) is 3.80. The number of hydrogen-bond acceptors (Lipinski definition) is 4. The third-order valence-electron chi connectivity index (χ3n) is 5.31. The van der Waals surface area contributed by atoms with Gasteiger partial charge >= 0.3 is 0 Å². The molecular formula is C22H27NO4S. The number of rotatable bonds is 7. The number of Topliss-reactive ketones (excluding diaryl/α,β-unsaturated/α-hetero) is 1. The van der Waals surface area contributed by atoms with Crippen LogP contribution in [-0.4, -0.2) is 33.1 Å². The molecule has 0 radical (unpaired) electrons. The topological polar surface area (TPSA) is 72.5 Å². The van der Waals surface area contributed by atoms with E-state index < -0.39 is 15.3 Å². The van der Waals surface area contributed by atoms with Gasteiger partial charge in [-0.2, -0.15) is 0 Å². The van der Waals surface area contributed by atoms with Crippen molar-refractivity contribution in [2.45, 2.75) is 44.3 Å². The lowest BCUT2D eigenvalue weighted by Gasteiger charge is -2.22. The van der Waals surface area contributed by atoms with Gasteiger partial charge in [0.15, 0.2) is 5.78 Å². The summed E-state index contributed by atoms with van der Waals surface area (Å²) in [5, 5.41) is -0.395. The Morgan fingerprint density at radius 2 is 1.75 bits per heavy atom. The van der Waals surface area contributed by atoms with Crippen LogP contribution in [-0.2, 0) is 10.0 Å². The van der Waals surface area contributed by atoms with Gasteiger partial charge in [-0.05, 0) is 48.6 Å². The second-order valence-electron chi connectivity index (χ2n) is 7.29. The average molecular weight is 402 g/mol. The molecule has 1 saturated carbocycles. The molecule has 2 aromatic carbocycles. The van der Waals surface area contributed by atoms with E-state index in [4.69, 9.17) is 4.74 Å². The molecule has 2 aromatic rings. The molecule has 1 aliphatic carbocycles.